The molecule has 2 N–H and O–H groups in total. The van der Waals surface area contributed by atoms with Gasteiger partial charge in [-0.15, -0.1) is 0 Å². The van der Waals surface area contributed by atoms with Gasteiger partial charge in [0.05, 0.1) is 16.1 Å². The van der Waals surface area contributed by atoms with Crippen molar-refractivity contribution in [3.05, 3.63) is 39.4 Å². The summed E-state index contributed by atoms with van der Waals surface area (Å²) in [6, 6.07) is 2.46. The maximum absolute atomic E-state index is 10.5. The summed E-state index contributed by atoms with van der Waals surface area (Å²) in [5.41, 5.74) is -1.42. The fraction of sp³-hybridized carbons (Fsp3) is 0. The molecular formula is C8H6NNaO6. The van der Waals surface area contributed by atoms with Crippen molar-refractivity contribution in [1.29, 1.82) is 0 Å². The number of benzene rings is 1. The number of nitro benzene ring substituents is 1. The van der Waals surface area contributed by atoms with Gasteiger partial charge in [0.25, 0.3) is 5.69 Å². The van der Waals surface area contributed by atoms with Crippen molar-refractivity contribution in [2.24, 2.45) is 0 Å². The van der Waals surface area contributed by atoms with E-state index in [4.69, 9.17) is 10.2 Å². The third-order valence-corrected chi connectivity index (χ3v) is 1.62. The first-order valence-corrected chi connectivity index (χ1v) is 3.68. The van der Waals surface area contributed by atoms with Gasteiger partial charge in [0.15, 0.2) is 0 Å². The van der Waals surface area contributed by atoms with Gasteiger partial charge in [-0.1, -0.05) is 0 Å². The Bertz CT molecular complexity index is 379. The quantitative estimate of drug-likeness (QED) is 0.443. The molecule has 0 radical (unpaired) electrons. The molecule has 0 amide bonds. The van der Waals surface area contributed by atoms with Crippen LogP contribution in [0.1, 0.15) is 20.7 Å². The number of nitro groups is 1. The third-order valence-electron chi connectivity index (χ3n) is 1.62. The molecular weight excluding hydrogens is 229 g/mol. The summed E-state index contributed by atoms with van der Waals surface area (Å²) in [6.45, 7) is 0. The molecule has 1 aromatic rings. The minimum absolute atomic E-state index is 0. The molecule has 0 aliphatic heterocycles. The van der Waals surface area contributed by atoms with Crippen LogP contribution in [0.25, 0.3) is 0 Å². The van der Waals surface area contributed by atoms with Crippen LogP contribution in [0.4, 0.5) is 5.69 Å². The Kier molecular flexibility index (Phi) is 5.09. The molecule has 1 rings (SSSR count). The van der Waals surface area contributed by atoms with E-state index in [2.05, 4.69) is 0 Å². The van der Waals surface area contributed by atoms with Gasteiger partial charge >= 0.3 is 41.5 Å². The van der Waals surface area contributed by atoms with E-state index in [9.17, 15) is 19.7 Å². The van der Waals surface area contributed by atoms with Crippen LogP contribution < -0.4 is 0 Å². The van der Waals surface area contributed by atoms with Crippen LogP contribution in [-0.2, 0) is 0 Å². The van der Waals surface area contributed by atoms with Gasteiger partial charge in [-0.2, -0.15) is 0 Å². The predicted octanol–water partition coefficient (Wildman–Crippen LogP) is 0.343. The standard InChI is InChI=1S/C8H5NO6.Na.H/c10-7(11)4-1-5(8(12)13)3-6(2-4)9(14)15;;/h1-3H,(H,10,11)(H,12,13);;. The van der Waals surface area contributed by atoms with Crippen molar-refractivity contribution in [2.45, 2.75) is 0 Å². The number of non-ortho nitro benzene ring substituents is 1. The van der Waals surface area contributed by atoms with E-state index in [1.54, 1.807) is 0 Å². The molecule has 16 heavy (non-hydrogen) atoms. The Balaban J connectivity index is 0.00000225. The van der Waals surface area contributed by atoms with Gasteiger partial charge in [-0.3, -0.25) is 10.1 Å². The second kappa shape index (κ2) is 5.59. The van der Waals surface area contributed by atoms with Crippen LogP contribution in [-0.4, -0.2) is 56.6 Å². The number of aromatic carboxylic acids is 2. The molecule has 0 aliphatic carbocycles. The summed E-state index contributed by atoms with van der Waals surface area (Å²) >= 11 is 0. The van der Waals surface area contributed by atoms with E-state index >= 15 is 0 Å². The van der Waals surface area contributed by atoms with Gasteiger partial charge in [0.1, 0.15) is 0 Å². The Morgan fingerprint density at radius 3 is 1.69 bits per heavy atom. The first-order valence-electron chi connectivity index (χ1n) is 3.68. The van der Waals surface area contributed by atoms with Gasteiger partial charge in [0, 0.05) is 12.1 Å². The Labute approximate surface area is 111 Å². The summed E-state index contributed by atoms with van der Waals surface area (Å²) in [7, 11) is 0. The zero-order valence-corrected chi connectivity index (χ0v) is 7.21. The molecule has 0 bridgehead atoms. The van der Waals surface area contributed by atoms with Crippen molar-refractivity contribution < 1.29 is 24.7 Å². The van der Waals surface area contributed by atoms with Crippen LogP contribution in [0.3, 0.4) is 0 Å². The molecule has 0 saturated heterocycles. The average molecular weight is 235 g/mol. The van der Waals surface area contributed by atoms with Crippen molar-refractivity contribution in [2.75, 3.05) is 0 Å². The van der Waals surface area contributed by atoms with Crippen LogP contribution in [0.2, 0.25) is 0 Å². The molecule has 0 fully saturated rings. The summed E-state index contributed by atoms with van der Waals surface area (Å²) < 4.78 is 0. The van der Waals surface area contributed by atoms with Crippen molar-refractivity contribution >= 4 is 47.2 Å². The van der Waals surface area contributed by atoms with Crippen molar-refractivity contribution in [3.8, 4) is 0 Å². The number of hydrogen-bond donors (Lipinski definition) is 2. The minimum atomic E-state index is -1.42. The third kappa shape index (κ3) is 3.30. The average Bonchev–Trinajstić information content (AvgIpc) is 2.16. The summed E-state index contributed by atoms with van der Waals surface area (Å²) in [5, 5.41) is 27.5. The zero-order valence-electron chi connectivity index (χ0n) is 7.21. The number of carboxylic acids is 2. The first-order chi connectivity index (χ1) is 6.91. The monoisotopic (exact) mass is 235 g/mol. The van der Waals surface area contributed by atoms with Crippen LogP contribution in [0.5, 0.6) is 0 Å². The fourth-order valence-corrected chi connectivity index (χ4v) is 0.964. The number of rotatable bonds is 3. The van der Waals surface area contributed by atoms with Crippen LogP contribution in [0.15, 0.2) is 18.2 Å². The fourth-order valence-electron chi connectivity index (χ4n) is 0.964. The second-order valence-electron chi connectivity index (χ2n) is 2.64. The number of carbonyl (C=O) groups is 2. The van der Waals surface area contributed by atoms with E-state index in [0.29, 0.717) is 0 Å². The van der Waals surface area contributed by atoms with E-state index in [1.165, 1.54) is 0 Å². The summed E-state index contributed by atoms with van der Waals surface area (Å²) in [4.78, 5) is 30.6. The van der Waals surface area contributed by atoms with Crippen LogP contribution in [0, 0.1) is 10.1 Å². The van der Waals surface area contributed by atoms with Gasteiger partial charge < -0.3 is 10.2 Å². The molecule has 80 valence electrons. The van der Waals surface area contributed by atoms with Crippen molar-refractivity contribution in [3.63, 3.8) is 0 Å². The molecule has 0 saturated carbocycles. The molecule has 0 heterocycles. The Hall–Kier alpha value is -1.44. The van der Waals surface area contributed by atoms with Gasteiger partial charge in [-0.25, -0.2) is 9.59 Å². The molecule has 0 aliphatic rings. The van der Waals surface area contributed by atoms with Crippen LogP contribution >= 0.6 is 0 Å². The number of carboxylic acid groups (broad SMARTS) is 2. The molecule has 7 nitrogen and oxygen atoms in total. The van der Waals surface area contributed by atoms with E-state index < -0.39 is 33.7 Å². The van der Waals surface area contributed by atoms with E-state index in [-0.39, 0.29) is 29.6 Å². The maximum atomic E-state index is 10.5. The van der Waals surface area contributed by atoms with E-state index in [1.807, 2.05) is 0 Å². The topological polar surface area (TPSA) is 118 Å². The first kappa shape index (κ1) is 14.6. The van der Waals surface area contributed by atoms with Crippen molar-refractivity contribution in [1.82, 2.24) is 0 Å². The van der Waals surface area contributed by atoms with Gasteiger partial charge in [0.2, 0.25) is 0 Å². The molecule has 0 unspecified atom stereocenters. The molecule has 0 aromatic heterocycles. The molecule has 1 aromatic carbocycles. The Morgan fingerprint density at radius 2 is 1.44 bits per heavy atom. The Morgan fingerprint density at radius 1 is 1.06 bits per heavy atom. The molecule has 8 heteroatoms. The molecule has 0 spiro atoms. The normalized spacial score (nSPS) is 9.00. The zero-order chi connectivity index (χ0) is 11.6. The molecule has 0 atom stereocenters. The second-order valence-corrected chi connectivity index (χ2v) is 2.64. The summed E-state index contributed by atoms with van der Waals surface area (Å²) in [6.07, 6.45) is 0. The van der Waals surface area contributed by atoms with Gasteiger partial charge in [-0.05, 0) is 6.07 Å². The predicted molar refractivity (Wildman–Crippen MR) is 54.2 cm³/mol. The number of nitrogens with zero attached hydrogens (tertiary/aromatic N) is 1. The SMILES string of the molecule is O=C(O)c1cc(C(=O)O)cc([N+](=O)[O-])c1.[NaH]. The summed E-state index contributed by atoms with van der Waals surface area (Å²) in [5.74, 6) is -2.83. The number of hydrogen-bond acceptors (Lipinski definition) is 4. The van der Waals surface area contributed by atoms with E-state index in [0.717, 1.165) is 18.2 Å².